The van der Waals surface area contributed by atoms with Crippen molar-refractivity contribution < 1.29 is 13.2 Å². The molecular formula is C20H19Cl2NO3S. The van der Waals surface area contributed by atoms with Crippen LogP contribution in [0.3, 0.4) is 0 Å². The molecule has 27 heavy (non-hydrogen) atoms. The van der Waals surface area contributed by atoms with Crippen molar-refractivity contribution in [2.45, 2.75) is 34.8 Å². The molecule has 0 spiro atoms. The molecule has 0 bridgehead atoms. The molecule has 1 saturated carbocycles. The highest BCUT2D eigenvalue weighted by molar-refractivity contribution is 7.92. The standard InChI is InChI=1S/C20H19Cl2NO3S/c21-15-7-5-14(6-8-15)20(10-11-20)19(24)23-12-9-16(13-23)27(25,26)18-4-2-1-3-17(18)22/h1-8,16H,9-13H2. The number of sulfone groups is 1. The minimum absolute atomic E-state index is 0.0154. The molecule has 1 heterocycles. The second kappa shape index (κ2) is 6.80. The number of halogens is 2. The fourth-order valence-electron chi connectivity index (χ4n) is 3.84. The highest BCUT2D eigenvalue weighted by Gasteiger charge is 2.54. The Morgan fingerprint density at radius 1 is 1.04 bits per heavy atom. The largest absolute Gasteiger partial charge is 0.341 e. The van der Waals surface area contributed by atoms with Crippen LogP contribution in [0.1, 0.15) is 24.8 Å². The Bertz CT molecular complexity index is 985. The highest BCUT2D eigenvalue weighted by Crippen LogP contribution is 2.50. The van der Waals surface area contributed by atoms with Gasteiger partial charge in [0.15, 0.2) is 9.84 Å². The summed E-state index contributed by atoms with van der Waals surface area (Å²) < 4.78 is 25.9. The van der Waals surface area contributed by atoms with Gasteiger partial charge in [0.25, 0.3) is 0 Å². The first-order valence-electron chi connectivity index (χ1n) is 8.88. The summed E-state index contributed by atoms with van der Waals surface area (Å²) in [5.74, 6) is 0.0154. The lowest BCUT2D eigenvalue weighted by atomic mass is 9.94. The number of hydrogen-bond acceptors (Lipinski definition) is 3. The number of likely N-dealkylation sites (tertiary alicyclic amines) is 1. The van der Waals surface area contributed by atoms with Gasteiger partial charge in [-0.25, -0.2) is 8.42 Å². The summed E-state index contributed by atoms with van der Waals surface area (Å²) in [4.78, 5) is 15.0. The number of carbonyl (C=O) groups excluding carboxylic acids is 1. The molecule has 1 aliphatic carbocycles. The maximum Gasteiger partial charge on any atom is 0.233 e. The van der Waals surface area contributed by atoms with Crippen LogP contribution in [0.5, 0.6) is 0 Å². The number of hydrogen-bond donors (Lipinski definition) is 0. The average molecular weight is 424 g/mol. The molecule has 0 N–H and O–H groups in total. The molecule has 4 nitrogen and oxygen atoms in total. The van der Waals surface area contributed by atoms with Gasteiger partial charge in [0.05, 0.1) is 20.6 Å². The van der Waals surface area contributed by atoms with E-state index in [4.69, 9.17) is 23.2 Å². The molecule has 1 aliphatic heterocycles. The Kier molecular flexibility index (Phi) is 4.73. The Balaban J connectivity index is 1.54. The van der Waals surface area contributed by atoms with Gasteiger partial charge in [-0.1, -0.05) is 47.5 Å². The van der Waals surface area contributed by atoms with Crippen LogP contribution in [-0.4, -0.2) is 37.6 Å². The molecule has 4 rings (SSSR count). The lowest BCUT2D eigenvalue weighted by Crippen LogP contribution is -2.39. The molecule has 2 aromatic rings. The maximum atomic E-state index is 13.2. The van der Waals surface area contributed by atoms with Crippen molar-refractivity contribution in [3.8, 4) is 0 Å². The molecule has 0 radical (unpaired) electrons. The van der Waals surface area contributed by atoms with Crippen molar-refractivity contribution in [2.24, 2.45) is 0 Å². The van der Waals surface area contributed by atoms with E-state index in [2.05, 4.69) is 0 Å². The van der Waals surface area contributed by atoms with Gasteiger partial charge >= 0.3 is 0 Å². The molecule has 2 aromatic carbocycles. The van der Waals surface area contributed by atoms with Crippen LogP contribution in [-0.2, 0) is 20.0 Å². The molecule has 1 unspecified atom stereocenters. The van der Waals surface area contributed by atoms with E-state index in [-0.39, 0.29) is 22.4 Å². The number of benzene rings is 2. The Labute approximate surface area is 169 Å². The number of rotatable bonds is 4. The molecule has 2 fully saturated rings. The number of amides is 1. The van der Waals surface area contributed by atoms with E-state index in [0.29, 0.717) is 18.0 Å². The summed E-state index contributed by atoms with van der Waals surface area (Å²) in [7, 11) is -3.57. The van der Waals surface area contributed by atoms with Crippen LogP contribution in [0, 0.1) is 0 Å². The van der Waals surface area contributed by atoms with Crippen LogP contribution in [0.4, 0.5) is 0 Å². The van der Waals surface area contributed by atoms with Gasteiger partial charge < -0.3 is 4.90 Å². The second-order valence-electron chi connectivity index (χ2n) is 7.23. The second-order valence-corrected chi connectivity index (χ2v) is 10.3. The Hall–Kier alpha value is -1.56. The first-order chi connectivity index (χ1) is 12.8. The normalized spacial score (nSPS) is 21.3. The fraction of sp³-hybridized carbons (Fsp3) is 0.350. The van der Waals surface area contributed by atoms with Crippen molar-refractivity contribution in [2.75, 3.05) is 13.1 Å². The zero-order valence-electron chi connectivity index (χ0n) is 14.6. The first kappa shape index (κ1) is 18.8. The van der Waals surface area contributed by atoms with Gasteiger partial charge in [-0.05, 0) is 49.1 Å². The summed E-state index contributed by atoms with van der Waals surface area (Å²) in [6, 6.07) is 13.8. The first-order valence-corrected chi connectivity index (χ1v) is 11.2. The van der Waals surface area contributed by atoms with E-state index < -0.39 is 20.5 Å². The predicted octanol–water partition coefficient (Wildman–Crippen LogP) is 4.10. The van der Waals surface area contributed by atoms with Gasteiger partial charge in [-0.15, -0.1) is 0 Å². The van der Waals surface area contributed by atoms with Gasteiger partial charge in [0.1, 0.15) is 0 Å². The van der Waals surface area contributed by atoms with Crippen molar-refractivity contribution in [1.29, 1.82) is 0 Å². The zero-order valence-corrected chi connectivity index (χ0v) is 16.9. The summed E-state index contributed by atoms with van der Waals surface area (Å²) in [6.07, 6.45) is 1.99. The van der Waals surface area contributed by atoms with E-state index >= 15 is 0 Å². The third-order valence-electron chi connectivity index (χ3n) is 5.57. The molecule has 1 atom stereocenters. The minimum Gasteiger partial charge on any atom is -0.341 e. The SMILES string of the molecule is O=C(N1CCC(S(=O)(=O)c2ccccc2Cl)C1)C1(c2ccc(Cl)cc2)CC1. The van der Waals surface area contributed by atoms with E-state index in [0.717, 1.165) is 18.4 Å². The quantitative estimate of drug-likeness (QED) is 0.743. The molecule has 2 aliphatic rings. The molecule has 1 saturated heterocycles. The van der Waals surface area contributed by atoms with Crippen molar-refractivity contribution in [3.63, 3.8) is 0 Å². The fourth-order valence-corrected chi connectivity index (χ4v) is 6.19. The molecular weight excluding hydrogens is 405 g/mol. The van der Waals surface area contributed by atoms with Gasteiger partial charge in [0, 0.05) is 18.1 Å². The molecule has 0 aromatic heterocycles. The third kappa shape index (κ3) is 3.26. The molecule has 142 valence electrons. The van der Waals surface area contributed by atoms with Crippen LogP contribution in [0.15, 0.2) is 53.4 Å². The minimum atomic E-state index is -3.57. The summed E-state index contributed by atoms with van der Waals surface area (Å²) in [5, 5.41) is 0.235. The van der Waals surface area contributed by atoms with Crippen LogP contribution >= 0.6 is 23.2 Å². The molecule has 1 amide bonds. The van der Waals surface area contributed by atoms with Crippen LogP contribution < -0.4 is 0 Å². The topological polar surface area (TPSA) is 54.5 Å². The molecule has 7 heteroatoms. The van der Waals surface area contributed by atoms with E-state index in [1.165, 1.54) is 6.07 Å². The summed E-state index contributed by atoms with van der Waals surface area (Å²) in [5.41, 5.74) is 0.433. The lowest BCUT2D eigenvalue weighted by Gasteiger charge is -2.24. The summed E-state index contributed by atoms with van der Waals surface area (Å²) >= 11 is 12.0. The Morgan fingerprint density at radius 3 is 2.33 bits per heavy atom. The number of nitrogens with zero attached hydrogens (tertiary/aromatic N) is 1. The third-order valence-corrected chi connectivity index (χ3v) is 8.50. The smallest absolute Gasteiger partial charge is 0.233 e. The predicted molar refractivity (Wildman–Crippen MR) is 106 cm³/mol. The van der Waals surface area contributed by atoms with Crippen molar-refractivity contribution in [1.82, 2.24) is 4.90 Å². The van der Waals surface area contributed by atoms with Crippen molar-refractivity contribution in [3.05, 3.63) is 64.1 Å². The summed E-state index contributed by atoms with van der Waals surface area (Å²) in [6.45, 7) is 0.657. The van der Waals surface area contributed by atoms with Crippen molar-refractivity contribution >= 4 is 38.9 Å². The van der Waals surface area contributed by atoms with Crippen LogP contribution in [0.2, 0.25) is 10.0 Å². The van der Waals surface area contributed by atoms with Gasteiger partial charge in [-0.2, -0.15) is 0 Å². The lowest BCUT2D eigenvalue weighted by molar-refractivity contribution is -0.132. The average Bonchev–Trinajstić information content (AvgIpc) is 3.30. The highest BCUT2D eigenvalue weighted by atomic mass is 35.5. The number of carbonyl (C=O) groups is 1. The van der Waals surface area contributed by atoms with Gasteiger partial charge in [-0.3, -0.25) is 4.79 Å². The van der Waals surface area contributed by atoms with Gasteiger partial charge in [0.2, 0.25) is 5.91 Å². The maximum absolute atomic E-state index is 13.2. The van der Waals surface area contributed by atoms with E-state index in [1.54, 1.807) is 35.2 Å². The Morgan fingerprint density at radius 2 is 1.70 bits per heavy atom. The van der Waals surface area contributed by atoms with Crippen LogP contribution in [0.25, 0.3) is 0 Å². The van der Waals surface area contributed by atoms with E-state index in [1.807, 2.05) is 12.1 Å². The monoisotopic (exact) mass is 423 g/mol. The zero-order chi connectivity index (χ0) is 19.2. The van der Waals surface area contributed by atoms with E-state index in [9.17, 15) is 13.2 Å².